The van der Waals surface area contributed by atoms with Gasteiger partial charge >= 0.3 is 0 Å². The molecule has 1 spiro atoms. The van der Waals surface area contributed by atoms with Crippen LogP contribution in [0.3, 0.4) is 0 Å². The van der Waals surface area contributed by atoms with Crippen molar-refractivity contribution in [3.8, 4) is 0 Å². The minimum atomic E-state index is 0. The van der Waals surface area contributed by atoms with Gasteiger partial charge in [-0.25, -0.2) is 0 Å². The number of rotatable bonds is 23. The molecule has 3 heterocycles. The van der Waals surface area contributed by atoms with Crippen molar-refractivity contribution >= 4 is 0 Å². The molecular weight excluding hydrogens is 1540 g/mol. The molecule has 0 aromatic carbocycles. The van der Waals surface area contributed by atoms with E-state index in [0.717, 1.165) is 181 Å². The van der Waals surface area contributed by atoms with Crippen molar-refractivity contribution in [2.45, 2.75) is 607 Å². The smallest absolute Gasteiger partial charge is 0.0545 e. The van der Waals surface area contributed by atoms with E-state index in [9.17, 15) is 0 Å². The lowest BCUT2D eigenvalue weighted by molar-refractivity contribution is -0.185. The topological polar surface area (TPSA) is 27.7 Å². The zero-order valence-corrected chi connectivity index (χ0v) is 101. The molecule has 127 heavy (non-hydrogen) atoms. The third kappa shape index (κ3) is 105. The van der Waals surface area contributed by atoms with Gasteiger partial charge in [0.25, 0.3) is 0 Å². The summed E-state index contributed by atoms with van der Waals surface area (Å²) in [5.74, 6) is 20.4. The molecule has 2 atom stereocenters. The first-order valence-corrected chi connectivity index (χ1v) is 57.4. The highest BCUT2D eigenvalue weighted by atomic mass is 16.5. The molecule has 0 aromatic rings. The summed E-state index contributed by atoms with van der Waals surface area (Å²) in [4.78, 5) is 0. The molecule has 0 amide bonds. The molecule has 7 aliphatic carbocycles. The average Bonchev–Trinajstić information content (AvgIpc) is 1.65. The summed E-state index contributed by atoms with van der Waals surface area (Å²) < 4.78 is 15.4. The second-order valence-corrected chi connectivity index (χ2v) is 47.9. The Morgan fingerprint density at radius 2 is 0.677 bits per heavy atom. The monoisotopic (exact) mass is 1810 g/mol. The molecule has 7 saturated carbocycles. The Kier molecular flexibility index (Phi) is 114. The summed E-state index contributed by atoms with van der Waals surface area (Å²) in [7, 11) is 0. The predicted molar refractivity (Wildman–Crippen MR) is 601 cm³/mol. The van der Waals surface area contributed by atoms with E-state index in [0.29, 0.717) is 21.7 Å². The number of hydrogen-bond donors (Lipinski definition) is 0. The Balaban J connectivity index is -0.000000111. The lowest BCUT2D eigenvalue weighted by Crippen LogP contribution is -2.53. The summed E-state index contributed by atoms with van der Waals surface area (Å²) >= 11 is 0. The van der Waals surface area contributed by atoms with Crippen LogP contribution in [-0.4, -0.2) is 39.6 Å². The molecule has 0 aromatic heterocycles. The van der Waals surface area contributed by atoms with Crippen LogP contribution >= 0.6 is 0 Å². The summed E-state index contributed by atoms with van der Waals surface area (Å²) in [6.07, 6.45) is 47.6. The largest absolute Gasteiger partial charge is 0.381 e. The van der Waals surface area contributed by atoms with Crippen LogP contribution in [-0.2, 0) is 14.2 Å². The third-order valence-electron chi connectivity index (χ3n) is 27.8. The van der Waals surface area contributed by atoms with Gasteiger partial charge in [-0.2, -0.15) is 0 Å². The molecule has 786 valence electrons. The summed E-state index contributed by atoms with van der Waals surface area (Å²) in [5, 5.41) is 0. The maximum Gasteiger partial charge on any atom is 0.0545 e. The Morgan fingerprint density at radius 3 is 0.803 bits per heavy atom. The highest BCUT2D eigenvalue weighted by Crippen LogP contribution is 2.54. The summed E-state index contributed by atoms with van der Waals surface area (Å²) in [6.45, 7) is 131. The molecule has 3 aliphatic heterocycles. The van der Waals surface area contributed by atoms with Crippen molar-refractivity contribution in [1.82, 2.24) is 0 Å². The normalized spacial score (nSPS) is 18.3. The van der Waals surface area contributed by atoms with E-state index >= 15 is 0 Å². The van der Waals surface area contributed by atoms with Crippen molar-refractivity contribution < 1.29 is 14.2 Å². The summed E-state index contributed by atoms with van der Waals surface area (Å²) in [6, 6.07) is 0. The molecule has 0 radical (unpaired) electrons. The Hall–Kier alpha value is -0.120. The van der Waals surface area contributed by atoms with Gasteiger partial charge in [0, 0.05) is 24.5 Å². The van der Waals surface area contributed by atoms with Gasteiger partial charge in [0.1, 0.15) is 0 Å². The Labute approximate surface area is 818 Å². The highest BCUT2D eigenvalue weighted by molar-refractivity contribution is 4.99. The van der Waals surface area contributed by atoms with Crippen LogP contribution < -0.4 is 0 Å². The van der Waals surface area contributed by atoms with Crippen molar-refractivity contribution in [3.63, 3.8) is 0 Å². The van der Waals surface area contributed by atoms with Gasteiger partial charge in [0.05, 0.1) is 26.4 Å². The van der Waals surface area contributed by atoms with Gasteiger partial charge in [-0.3, -0.25) is 0 Å². The van der Waals surface area contributed by atoms with Crippen molar-refractivity contribution in [2.24, 2.45) is 163 Å². The van der Waals surface area contributed by atoms with Gasteiger partial charge in [-0.1, -0.05) is 517 Å². The van der Waals surface area contributed by atoms with Gasteiger partial charge in [-0.05, 0) is 241 Å². The first-order chi connectivity index (χ1) is 58.6. The lowest BCUT2D eigenvalue weighted by Gasteiger charge is -2.54. The van der Waals surface area contributed by atoms with Gasteiger partial charge in [0.2, 0.25) is 0 Å². The van der Waals surface area contributed by atoms with E-state index in [4.69, 9.17) is 14.2 Å². The van der Waals surface area contributed by atoms with Crippen LogP contribution in [0.25, 0.3) is 0 Å². The fourth-order valence-corrected chi connectivity index (χ4v) is 15.5. The molecule has 0 bridgehead atoms. The van der Waals surface area contributed by atoms with Crippen molar-refractivity contribution in [1.29, 1.82) is 0 Å². The number of hydrogen-bond acceptors (Lipinski definition) is 3. The van der Waals surface area contributed by atoms with E-state index in [1.807, 2.05) is 96.9 Å². The minimum Gasteiger partial charge on any atom is -0.381 e. The van der Waals surface area contributed by atoms with E-state index in [-0.39, 0.29) is 7.43 Å². The minimum absolute atomic E-state index is 0. The predicted octanol–water partition coefficient (Wildman–Crippen LogP) is 45.0. The van der Waals surface area contributed by atoms with Gasteiger partial charge in [-0.15, -0.1) is 0 Å². The van der Waals surface area contributed by atoms with E-state index in [1.54, 1.807) is 0 Å². The maximum atomic E-state index is 5.22. The van der Waals surface area contributed by atoms with Crippen LogP contribution in [0.15, 0.2) is 0 Å². The molecule has 3 heteroatoms. The van der Waals surface area contributed by atoms with E-state index in [2.05, 4.69) is 291 Å². The van der Waals surface area contributed by atoms with Crippen molar-refractivity contribution in [3.05, 3.63) is 0 Å². The molecule has 3 saturated heterocycles. The first kappa shape index (κ1) is 152. The fraction of sp³-hybridized carbons (Fsp3) is 1.00. The Bertz CT molecular complexity index is 1920. The molecule has 2 unspecified atom stereocenters. The van der Waals surface area contributed by atoms with Gasteiger partial charge in [0.15, 0.2) is 0 Å². The van der Waals surface area contributed by atoms with E-state index < -0.39 is 0 Å². The molecule has 10 rings (SSSR count). The van der Waals surface area contributed by atoms with Crippen LogP contribution in [0.2, 0.25) is 0 Å². The maximum absolute atomic E-state index is 5.22. The Morgan fingerprint density at radius 1 is 0.339 bits per heavy atom. The fourth-order valence-electron chi connectivity index (χ4n) is 15.5. The molecule has 10 aliphatic rings. The van der Waals surface area contributed by atoms with Crippen LogP contribution in [0.5, 0.6) is 0 Å². The summed E-state index contributed by atoms with van der Waals surface area (Å²) in [5.41, 5.74) is 3.87. The van der Waals surface area contributed by atoms with Crippen LogP contribution in [0.4, 0.5) is 0 Å². The molecule has 3 nitrogen and oxygen atoms in total. The lowest BCUT2D eigenvalue weighted by atomic mass is 9.58. The highest BCUT2D eigenvalue weighted by Gasteiger charge is 2.50. The molecular formula is C124H272O3. The van der Waals surface area contributed by atoms with Gasteiger partial charge < -0.3 is 14.2 Å². The third-order valence-corrected chi connectivity index (χ3v) is 27.8. The standard InChI is InChI=1S/C9H16O.3C9H18.2C9H20.C8H16.C8H18.C7H14O.C7H14.C7H16.C6H12O.C6H12.C6H14.7C2H6.CH4/c1-7(2)8-3-9(4-8)5-10-6-9;1-8(2)4-5-9(3)6-7-9;1-8(2)9-6-4-3-5-7-9;1-4-9(5-6-9)7-8(2)3;1-8(2)6-7-9(3,4)5;1-6-9(4,5)7-8(2)3;1-7(2)8-5-3-4-6-8;1-5-8(4)6-7(2)3;1-6(2)7-3-4-8-5-7;1-6(2)7-4-3-5-7;1-6(2)7(3,4)5;1-5(2)6-3-7-4-6;1-5(2)6-3-4-6;1-4-5-6(2)3;7*1-2;/h7-8H,3-6H2,1-2H3;8H,4-7H2,1-3H3;8-9H,3-7H2,1-2H3;8H,4-7H2,1-3H3;2*8H,6-7H2,1-5H3;7-8H,3-6H2,1-2H3;7-8H,5-6H2,1-4H3;6-7H,3-5H2,1-2H3;6-7H,3-5H2,1-2H3;6H,1-5H3;5-6H,3-4H2,1-2H3;5-6H,3-4H2,1-2H3;6H,4-5H2,1-3H3;7*1-2H3;1H4. The van der Waals surface area contributed by atoms with Crippen LogP contribution in [0, 0.1) is 163 Å². The van der Waals surface area contributed by atoms with E-state index in [1.165, 1.54) is 212 Å². The first-order valence-electron chi connectivity index (χ1n) is 57.4. The molecule has 10 fully saturated rings. The average molecular weight is 1810 g/mol. The second-order valence-electron chi connectivity index (χ2n) is 47.9. The molecule has 0 N–H and O–H groups in total. The SMILES string of the molecule is C.CC.CC.CC.CC.CC.CC.CC.CC(C)C(C)(C)C.CC(C)C1CC1.CC(C)C1CC2(COC2)C1.CC(C)C1CCC1.CC(C)C1CCCC1.CC(C)C1CCCCC1.CC(C)C1CCOC1.CC(C)C1COC1.CC(C)CCC(C)(C)C.CC(C)CCC1(C)CC1.CCC(C)(C)CC(C)C.CCC(C)CC(C)C.CCC1(CC(C)C)CC1.CCCC(C)C. The number of ether oxygens (including phenoxy) is 3. The second kappa shape index (κ2) is 94.8. The van der Waals surface area contributed by atoms with Crippen LogP contribution in [0.1, 0.15) is 607 Å². The quantitative estimate of drug-likeness (QED) is 0.102. The van der Waals surface area contributed by atoms with Crippen molar-refractivity contribution in [2.75, 3.05) is 39.6 Å². The zero-order valence-electron chi connectivity index (χ0n) is 101. The zero-order chi connectivity index (χ0) is 101.